The highest BCUT2D eigenvalue weighted by molar-refractivity contribution is 7.15. The summed E-state index contributed by atoms with van der Waals surface area (Å²) in [6, 6.07) is 15.8. The molecule has 2 aromatic carbocycles. The number of fused-ring (bicyclic) bond motifs is 1. The van der Waals surface area contributed by atoms with E-state index in [4.69, 9.17) is 4.74 Å². The Morgan fingerprint density at radius 2 is 1.79 bits per heavy atom. The van der Waals surface area contributed by atoms with Crippen LogP contribution >= 0.6 is 11.3 Å². The predicted octanol–water partition coefficient (Wildman–Crippen LogP) is 3.67. The fourth-order valence-electron chi connectivity index (χ4n) is 3.01. The Balaban J connectivity index is 1.74. The molecule has 0 atom stereocenters. The Bertz CT molecular complexity index is 1250. The van der Waals surface area contributed by atoms with E-state index in [1.807, 2.05) is 42.5 Å². The zero-order valence-electron chi connectivity index (χ0n) is 16.3. The van der Waals surface area contributed by atoms with Gasteiger partial charge in [-0.05, 0) is 34.8 Å². The second-order valence-corrected chi connectivity index (χ2v) is 8.63. The number of methoxy groups -OCH3 is 1. The molecule has 2 aromatic heterocycles. The largest absolute Gasteiger partial charge is 0.496 e. The van der Waals surface area contributed by atoms with Gasteiger partial charge in [-0.25, -0.2) is 0 Å². The lowest BCUT2D eigenvalue weighted by Crippen LogP contribution is -2.23. The minimum atomic E-state index is -0.159. The van der Waals surface area contributed by atoms with Gasteiger partial charge in [0.2, 0.25) is 4.96 Å². The molecule has 0 aliphatic heterocycles. The number of rotatable bonds is 3. The van der Waals surface area contributed by atoms with E-state index in [1.165, 1.54) is 21.4 Å². The molecule has 2 heterocycles. The average molecular weight is 391 g/mol. The number of nitrogens with zero attached hydrogens (tertiary/aromatic N) is 3. The maximum Gasteiger partial charge on any atom is 0.291 e. The molecule has 142 valence electrons. The van der Waals surface area contributed by atoms with Crippen LogP contribution in [0.2, 0.25) is 0 Å². The standard InChI is InChI=1S/C22H21N3O2S/c1-22(2,3)15-11-9-14(10-12-15)13-18-20(26)25-21(28-18)23-19(24-25)16-7-5-6-8-17(16)27-4/h5-13H,1-4H3. The molecule has 6 heteroatoms. The van der Waals surface area contributed by atoms with Gasteiger partial charge in [0.1, 0.15) is 5.75 Å². The van der Waals surface area contributed by atoms with Gasteiger partial charge in [0.15, 0.2) is 5.82 Å². The summed E-state index contributed by atoms with van der Waals surface area (Å²) in [5.74, 6) is 1.17. The summed E-state index contributed by atoms with van der Waals surface area (Å²) in [5.41, 5.74) is 2.96. The Kier molecular flexibility index (Phi) is 4.51. The molecule has 0 aliphatic carbocycles. The van der Waals surface area contributed by atoms with Crippen LogP contribution in [0.3, 0.4) is 0 Å². The summed E-state index contributed by atoms with van der Waals surface area (Å²) in [4.78, 5) is 17.9. The second-order valence-electron chi connectivity index (χ2n) is 7.62. The summed E-state index contributed by atoms with van der Waals surface area (Å²) < 4.78 is 7.35. The van der Waals surface area contributed by atoms with Gasteiger partial charge in [0.05, 0.1) is 17.2 Å². The average Bonchev–Trinajstić information content (AvgIpc) is 3.21. The smallest absolute Gasteiger partial charge is 0.291 e. The number of ether oxygens (including phenoxy) is 1. The van der Waals surface area contributed by atoms with Crippen molar-refractivity contribution in [3.05, 3.63) is 74.5 Å². The number of benzene rings is 2. The molecule has 0 N–H and O–H groups in total. The highest BCUT2D eigenvalue weighted by Gasteiger charge is 2.15. The molecule has 0 aliphatic rings. The molecule has 5 nitrogen and oxygen atoms in total. The molecule has 4 rings (SSSR count). The van der Waals surface area contributed by atoms with Crippen molar-refractivity contribution in [3.63, 3.8) is 0 Å². The van der Waals surface area contributed by atoms with Gasteiger partial charge >= 0.3 is 0 Å². The SMILES string of the molecule is COc1ccccc1-c1nc2sc(=Cc3ccc(C(C)(C)C)cc3)c(=O)n2n1. The van der Waals surface area contributed by atoms with E-state index in [-0.39, 0.29) is 11.0 Å². The molecular weight excluding hydrogens is 370 g/mol. The third kappa shape index (κ3) is 3.31. The summed E-state index contributed by atoms with van der Waals surface area (Å²) >= 11 is 1.34. The van der Waals surface area contributed by atoms with Crippen LogP contribution in [0.5, 0.6) is 5.75 Å². The zero-order chi connectivity index (χ0) is 19.9. The van der Waals surface area contributed by atoms with Crippen molar-refractivity contribution in [2.24, 2.45) is 0 Å². The van der Waals surface area contributed by atoms with Crippen LogP contribution < -0.4 is 14.8 Å². The number of aromatic nitrogens is 3. The van der Waals surface area contributed by atoms with Gasteiger partial charge in [0.25, 0.3) is 5.56 Å². The summed E-state index contributed by atoms with van der Waals surface area (Å²) in [6.45, 7) is 6.54. The van der Waals surface area contributed by atoms with Crippen molar-refractivity contribution in [1.82, 2.24) is 14.6 Å². The van der Waals surface area contributed by atoms with Crippen molar-refractivity contribution in [2.45, 2.75) is 26.2 Å². The Morgan fingerprint density at radius 3 is 2.43 bits per heavy atom. The van der Waals surface area contributed by atoms with Crippen molar-refractivity contribution in [3.8, 4) is 17.1 Å². The van der Waals surface area contributed by atoms with E-state index in [0.29, 0.717) is 21.1 Å². The number of thiazole rings is 1. The zero-order valence-corrected chi connectivity index (χ0v) is 17.1. The summed E-state index contributed by atoms with van der Waals surface area (Å²) in [5, 5.41) is 4.40. The Labute approximate surface area is 166 Å². The Morgan fingerprint density at radius 1 is 1.07 bits per heavy atom. The molecule has 0 unspecified atom stereocenters. The monoisotopic (exact) mass is 391 g/mol. The molecule has 28 heavy (non-hydrogen) atoms. The van der Waals surface area contributed by atoms with E-state index < -0.39 is 0 Å². The van der Waals surface area contributed by atoms with E-state index in [1.54, 1.807) is 7.11 Å². The van der Waals surface area contributed by atoms with Crippen molar-refractivity contribution in [2.75, 3.05) is 7.11 Å². The third-order valence-electron chi connectivity index (χ3n) is 4.60. The van der Waals surface area contributed by atoms with E-state index in [2.05, 4.69) is 43.0 Å². The Hall–Kier alpha value is -2.99. The number of hydrogen-bond donors (Lipinski definition) is 0. The molecule has 0 radical (unpaired) electrons. The molecule has 0 saturated heterocycles. The van der Waals surface area contributed by atoms with Crippen LogP contribution in [-0.2, 0) is 5.41 Å². The molecule has 4 aromatic rings. The predicted molar refractivity (Wildman–Crippen MR) is 113 cm³/mol. The van der Waals surface area contributed by atoms with Gasteiger partial charge in [-0.15, -0.1) is 5.10 Å². The van der Waals surface area contributed by atoms with Gasteiger partial charge in [-0.2, -0.15) is 9.50 Å². The first kappa shape index (κ1) is 18.4. The van der Waals surface area contributed by atoms with Gasteiger partial charge in [-0.1, -0.05) is 68.5 Å². The van der Waals surface area contributed by atoms with E-state index in [0.717, 1.165) is 11.1 Å². The lowest BCUT2D eigenvalue weighted by atomic mass is 9.87. The topological polar surface area (TPSA) is 56.5 Å². The lowest BCUT2D eigenvalue weighted by Gasteiger charge is -2.18. The second kappa shape index (κ2) is 6.87. The van der Waals surface area contributed by atoms with E-state index >= 15 is 0 Å². The van der Waals surface area contributed by atoms with Crippen LogP contribution in [0.25, 0.3) is 22.4 Å². The molecule has 0 amide bonds. The molecular formula is C22H21N3O2S. The minimum Gasteiger partial charge on any atom is -0.496 e. The molecule has 0 bridgehead atoms. The van der Waals surface area contributed by atoms with Crippen LogP contribution in [0.15, 0.2) is 53.3 Å². The quantitative estimate of drug-likeness (QED) is 0.535. The fraction of sp³-hybridized carbons (Fsp3) is 0.227. The van der Waals surface area contributed by atoms with Gasteiger partial charge in [0, 0.05) is 0 Å². The lowest BCUT2D eigenvalue weighted by molar-refractivity contribution is 0.416. The first-order chi connectivity index (χ1) is 13.4. The van der Waals surface area contributed by atoms with Crippen LogP contribution in [0.4, 0.5) is 0 Å². The normalized spacial score (nSPS) is 12.6. The van der Waals surface area contributed by atoms with Gasteiger partial charge in [-0.3, -0.25) is 4.79 Å². The summed E-state index contributed by atoms with van der Waals surface area (Å²) in [6.07, 6.45) is 1.89. The van der Waals surface area contributed by atoms with Crippen molar-refractivity contribution >= 4 is 22.4 Å². The van der Waals surface area contributed by atoms with Crippen LogP contribution in [0, 0.1) is 0 Å². The minimum absolute atomic E-state index is 0.102. The third-order valence-corrected chi connectivity index (χ3v) is 5.56. The van der Waals surface area contributed by atoms with Crippen LogP contribution in [0.1, 0.15) is 31.9 Å². The van der Waals surface area contributed by atoms with Crippen molar-refractivity contribution in [1.29, 1.82) is 0 Å². The maximum atomic E-state index is 12.8. The molecule has 0 saturated carbocycles. The van der Waals surface area contributed by atoms with E-state index in [9.17, 15) is 4.79 Å². The maximum absolute atomic E-state index is 12.8. The molecule has 0 spiro atoms. The number of para-hydroxylation sites is 1. The number of hydrogen-bond acceptors (Lipinski definition) is 5. The fourth-order valence-corrected chi connectivity index (χ4v) is 3.92. The highest BCUT2D eigenvalue weighted by Crippen LogP contribution is 2.27. The van der Waals surface area contributed by atoms with Gasteiger partial charge < -0.3 is 4.74 Å². The first-order valence-electron chi connectivity index (χ1n) is 9.02. The highest BCUT2D eigenvalue weighted by atomic mass is 32.1. The van der Waals surface area contributed by atoms with Crippen molar-refractivity contribution < 1.29 is 4.74 Å². The first-order valence-corrected chi connectivity index (χ1v) is 9.84. The summed E-state index contributed by atoms with van der Waals surface area (Å²) in [7, 11) is 1.61. The molecule has 0 fully saturated rings. The van der Waals surface area contributed by atoms with Crippen LogP contribution in [-0.4, -0.2) is 21.7 Å².